The van der Waals surface area contributed by atoms with Crippen LogP contribution in [0.5, 0.6) is 11.5 Å². The zero-order chi connectivity index (χ0) is 15.4. The van der Waals surface area contributed by atoms with Crippen molar-refractivity contribution in [3.05, 3.63) is 35.5 Å². The highest BCUT2D eigenvalue weighted by molar-refractivity contribution is 5.46. The minimum absolute atomic E-state index is 0.326. The van der Waals surface area contributed by atoms with Gasteiger partial charge in [0, 0.05) is 12.1 Å². The molecule has 0 aliphatic heterocycles. The Morgan fingerprint density at radius 3 is 2.77 bits per heavy atom. The maximum absolute atomic E-state index is 6.13. The topological polar surface area (TPSA) is 59.2 Å². The molecule has 5 heteroatoms. The minimum Gasteiger partial charge on any atom is -0.493 e. The third kappa shape index (κ3) is 3.35. The van der Waals surface area contributed by atoms with E-state index in [1.165, 1.54) is 12.8 Å². The average Bonchev–Trinajstić information content (AvgIpc) is 3.17. The van der Waals surface area contributed by atoms with E-state index in [2.05, 4.69) is 27.6 Å². The first kappa shape index (κ1) is 14.8. The van der Waals surface area contributed by atoms with Crippen molar-refractivity contribution in [2.45, 2.75) is 45.3 Å². The lowest BCUT2D eigenvalue weighted by atomic mass is 10.2. The third-order valence-corrected chi connectivity index (χ3v) is 4.12. The van der Waals surface area contributed by atoms with Crippen molar-refractivity contribution in [1.82, 2.24) is 10.2 Å². The van der Waals surface area contributed by atoms with Gasteiger partial charge in [0.15, 0.2) is 11.5 Å². The fourth-order valence-corrected chi connectivity index (χ4v) is 2.82. The van der Waals surface area contributed by atoms with Gasteiger partial charge in [0.25, 0.3) is 0 Å². The smallest absolute Gasteiger partial charge is 0.161 e. The summed E-state index contributed by atoms with van der Waals surface area (Å²) in [7, 11) is 1.68. The Hall–Kier alpha value is -2.17. The zero-order valence-corrected chi connectivity index (χ0v) is 13.2. The molecule has 2 N–H and O–H groups in total. The number of H-pyrrole nitrogens is 1. The number of nitrogens with zero attached hydrogens (tertiary/aromatic N) is 1. The van der Waals surface area contributed by atoms with E-state index < -0.39 is 0 Å². The van der Waals surface area contributed by atoms with Crippen molar-refractivity contribution in [3.8, 4) is 11.5 Å². The zero-order valence-electron chi connectivity index (χ0n) is 13.2. The Labute approximate surface area is 131 Å². The van der Waals surface area contributed by atoms with Crippen molar-refractivity contribution in [1.29, 1.82) is 0 Å². The maximum Gasteiger partial charge on any atom is 0.161 e. The van der Waals surface area contributed by atoms with Gasteiger partial charge in [0.05, 0.1) is 19.4 Å². The van der Waals surface area contributed by atoms with Crippen LogP contribution in [0.3, 0.4) is 0 Å². The van der Waals surface area contributed by atoms with Crippen LogP contribution >= 0.6 is 0 Å². The number of benzene rings is 1. The van der Waals surface area contributed by atoms with Crippen molar-refractivity contribution in [2.75, 3.05) is 12.4 Å². The first-order chi connectivity index (χ1) is 10.8. The van der Waals surface area contributed by atoms with E-state index >= 15 is 0 Å². The molecule has 0 saturated heterocycles. The Balaban J connectivity index is 1.70. The molecule has 5 nitrogen and oxygen atoms in total. The molecule has 0 unspecified atom stereocenters. The molecule has 0 radical (unpaired) electrons. The van der Waals surface area contributed by atoms with Gasteiger partial charge in [-0.05, 0) is 50.3 Å². The molecule has 1 aliphatic rings. The number of nitrogens with one attached hydrogen (secondary N) is 2. The van der Waals surface area contributed by atoms with Gasteiger partial charge in [0.1, 0.15) is 5.82 Å². The van der Waals surface area contributed by atoms with Crippen molar-refractivity contribution >= 4 is 5.82 Å². The first-order valence-corrected chi connectivity index (χ1v) is 7.83. The maximum atomic E-state index is 6.13. The highest BCUT2D eigenvalue weighted by Crippen LogP contribution is 2.32. The lowest BCUT2D eigenvalue weighted by molar-refractivity contribution is 0.200. The lowest BCUT2D eigenvalue weighted by Gasteiger charge is -2.17. The van der Waals surface area contributed by atoms with E-state index in [0.29, 0.717) is 12.6 Å². The number of hydrogen-bond donors (Lipinski definition) is 2. The quantitative estimate of drug-likeness (QED) is 0.855. The molecular weight excluding hydrogens is 278 g/mol. The molecule has 0 amide bonds. The van der Waals surface area contributed by atoms with Gasteiger partial charge in [-0.15, -0.1) is 0 Å². The summed E-state index contributed by atoms with van der Waals surface area (Å²) in [5.41, 5.74) is 2.26. The van der Waals surface area contributed by atoms with Crippen LogP contribution in [0.1, 0.15) is 36.8 Å². The fourth-order valence-electron chi connectivity index (χ4n) is 2.82. The molecule has 1 aliphatic carbocycles. The molecule has 0 bridgehead atoms. The van der Waals surface area contributed by atoms with Crippen molar-refractivity contribution in [3.63, 3.8) is 0 Å². The summed E-state index contributed by atoms with van der Waals surface area (Å²) in [6, 6.07) is 6.09. The number of aromatic nitrogens is 2. The van der Waals surface area contributed by atoms with Crippen LogP contribution in [0, 0.1) is 6.92 Å². The van der Waals surface area contributed by atoms with Gasteiger partial charge in [0.2, 0.25) is 0 Å². The molecule has 2 aromatic rings. The minimum atomic E-state index is 0.326. The monoisotopic (exact) mass is 301 g/mol. The van der Waals surface area contributed by atoms with Crippen molar-refractivity contribution in [2.24, 2.45) is 0 Å². The molecule has 118 valence electrons. The molecule has 0 spiro atoms. The summed E-state index contributed by atoms with van der Waals surface area (Å²) in [4.78, 5) is 0. The van der Waals surface area contributed by atoms with Crippen LogP contribution in [0.4, 0.5) is 5.82 Å². The number of hydrogen-bond acceptors (Lipinski definition) is 4. The van der Waals surface area contributed by atoms with Crippen LogP contribution in [0.15, 0.2) is 24.4 Å². The largest absolute Gasteiger partial charge is 0.493 e. The predicted molar refractivity (Wildman–Crippen MR) is 86.5 cm³/mol. The van der Waals surface area contributed by atoms with Crippen LogP contribution in [0.2, 0.25) is 0 Å². The number of rotatable bonds is 6. The Kier molecular flexibility index (Phi) is 4.51. The normalized spacial score (nSPS) is 15.0. The SMILES string of the molecule is COc1ccc(CNc2[nH]ncc2C)cc1OC1CCCC1. The van der Waals surface area contributed by atoms with Gasteiger partial charge in [-0.1, -0.05) is 6.07 Å². The van der Waals surface area contributed by atoms with Crippen LogP contribution < -0.4 is 14.8 Å². The molecule has 1 saturated carbocycles. The number of methoxy groups -OCH3 is 1. The van der Waals surface area contributed by atoms with E-state index in [1.807, 2.05) is 19.2 Å². The predicted octanol–water partition coefficient (Wildman–Crippen LogP) is 3.66. The highest BCUT2D eigenvalue weighted by atomic mass is 16.5. The molecule has 3 rings (SSSR count). The van der Waals surface area contributed by atoms with E-state index in [0.717, 1.165) is 41.3 Å². The van der Waals surface area contributed by atoms with Crippen molar-refractivity contribution < 1.29 is 9.47 Å². The molecule has 0 atom stereocenters. The van der Waals surface area contributed by atoms with Gasteiger partial charge in [-0.2, -0.15) is 5.10 Å². The summed E-state index contributed by atoms with van der Waals surface area (Å²) < 4.78 is 11.5. The van der Waals surface area contributed by atoms with Gasteiger partial charge in [-0.25, -0.2) is 0 Å². The van der Waals surface area contributed by atoms with Crippen LogP contribution in [-0.4, -0.2) is 23.4 Å². The summed E-state index contributed by atoms with van der Waals surface area (Å²) >= 11 is 0. The van der Waals surface area contributed by atoms with Gasteiger partial charge >= 0.3 is 0 Å². The van der Waals surface area contributed by atoms with Gasteiger partial charge in [-0.3, -0.25) is 5.10 Å². The van der Waals surface area contributed by atoms with E-state index in [1.54, 1.807) is 7.11 Å². The second-order valence-electron chi connectivity index (χ2n) is 5.79. The van der Waals surface area contributed by atoms with Crippen LogP contribution in [0.25, 0.3) is 0 Å². The third-order valence-electron chi connectivity index (χ3n) is 4.12. The number of aromatic amines is 1. The summed E-state index contributed by atoms with van der Waals surface area (Å²) in [5, 5.41) is 10.3. The Bertz CT molecular complexity index is 618. The molecule has 1 aromatic heterocycles. The van der Waals surface area contributed by atoms with E-state index in [-0.39, 0.29) is 0 Å². The van der Waals surface area contributed by atoms with E-state index in [4.69, 9.17) is 9.47 Å². The Morgan fingerprint density at radius 2 is 2.09 bits per heavy atom. The molecule has 1 heterocycles. The number of ether oxygens (including phenoxy) is 2. The standard InChI is InChI=1S/C17H23N3O2/c1-12-10-19-20-17(12)18-11-13-7-8-15(21-2)16(9-13)22-14-5-3-4-6-14/h7-10,14H,3-6,11H2,1-2H3,(H2,18,19,20). The second kappa shape index (κ2) is 6.73. The van der Waals surface area contributed by atoms with E-state index in [9.17, 15) is 0 Å². The number of anilines is 1. The van der Waals surface area contributed by atoms with Crippen LogP contribution in [-0.2, 0) is 6.54 Å². The molecule has 22 heavy (non-hydrogen) atoms. The fraction of sp³-hybridized carbons (Fsp3) is 0.471. The molecule has 1 aromatic carbocycles. The molecule has 1 fully saturated rings. The summed E-state index contributed by atoms with van der Waals surface area (Å²) in [6.07, 6.45) is 6.93. The van der Waals surface area contributed by atoms with Gasteiger partial charge < -0.3 is 14.8 Å². The second-order valence-corrected chi connectivity index (χ2v) is 5.79. The summed E-state index contributed by atoms with van der Waals surface area (Å²) in [6.45, 7) is 2.74. The Morgan fingerprint density at radius 1 is 1.27 bits per heavy atom. The lowest BCUT2D eigenvalue weighted by Crippen LogP contribution is -2.12. The highest BCUT2D eigenvalue weighted by Gasteiger charge is 2.18. The number of aryl methyl sites for hydroxylation is 1. The summed E-state index contributed by atoms with van der Waals surface area (Å²) in [5.74, 6) is 2.59. The average molecular weight is 301 g/mol. The first-order valence-electron chi connectivity index (χ1n) is 7.83. The molecular formula is C17H23N3O2.